The van der Waals surface area contributed by atoms with E-state index in [9.17, 15) is 22.8 Å². The van der Waals surface area contributed by atoms with Gasteiger partial charge in [-0.15, -0.1) is 11.8 Å². The van der Waals surface area contributed by atoms with Gasteiger partial charge in [0.15, 0.2) is 0 Å². The Bertz CT molecular complexity index is 986. The van der Waals surface area contributed by atoms with Crippen molar-refractivity contribution in [1.82, 2.24) is 10.2 Å². The van der Waals surface area contributed by atoms with E-state index in [2.05, 4.69) is 5.32 Å². The highest BCUT2D eigenvalue weighted by atomic mass is 32.2. The third-order valence-corrected chi connectivity index (χ3v) is 7.63. The zero-order valence-corrected chi connectivity index (χ0v) is 19.2. The second-order valence-corrected chi connectivity index (χ2v) is 9.86. The molecule has 0 bridgehead atoms. The van der Waals surface area contributed by atoms with Crippen molar-refractivity contribution in [2.45, 2.75) is 62.7 Å². The fourth-order valence-electron chi connectivity index (χ4n) is 4.44. The second kappa shape index (κ2) is 9.79. The van der Waals surface area contributed by atoms with Gasteiger partial charge in [0.2, 0.25) is 5.91 Å². The molecule has 1 N–H and O–H groups in total. The van der Waals surface area contributed by atoms with Crippen LogP contribution in [0.1, 0.15) is 64.5 Å². The molecule has 0 spiro atoms. The van der Waals surface area contributed by atoms with Gasteiger partial charge in [0, 0.05) is 17.4 Å². The zero-order valence-electron chi connectivity index (χ0n) is 18.4. The fraction of sp³-hybridized carbons (Fsp3) is 0.440. The number of rotatable bonds is 4. The molecular formula is C25H27F3N2O2S. The molecule has 2 aliphatic rings. The summed E-state index contributed by atoms with van der Waals surface area (Å²) in [5, 5.41) is 2.57. The van der Waals surface area contributed by atoms with Crippen molar-refractivity contribution in [3.05, 3.63) is 70.8 Å². The maximum Gasteiger partial charge on any atom is 0.416 e. The first-order valence-electron chi connectivity index (χ1n) is 11.2. The number of alkyl halides is 3. The van der Waals surface area contributed by atoms with E-state index in [1.807, 2.05) is 19.1 Å². The molecule has 1 aliphatic carbocycles. The number of nitrogens with one attached hydrogen (secondary N) is 1. The quantitative estimate of drug-likeness (QED) is 0.614. The maximum absolute atomic E-state index is 13.5. The van der Waals surface area contributed by atoms with Crippen molar-refractivity contribution in [2.24, 2.45) is 0 Å². The molecule has 0 aromatic heterocycles. The summed E-state index contributed by atoms with van der Waals surface area (Å²) in [6.07, 6.45) is 0.746. The summed E-state index contributed by atoms with van der Waals surface area (Å²) in [5.41, 5.74) is 1.29. The fourth-order valence-corrected chi connectivity index (χ4v) is 5.87. The van der Waals surface area contributed by atoms with Crippen molar-refractivity contribution >= 4 is 23.6 Å². The van der Waals surface area contributed by atoms with Gasteiger partial charge >= 0.3 is 6.18 Å². The number of aryl methyl sites for hydroxylation is 1. The smallest absolute Gasteiger partial charge is 0.352 e. The third-order valence-electron chi connectivity index (χ3n) is 6.31. The molecule has 33 heavy (non-hydrogen) atoms. The van der Waals surface area contributed by atoms with E-state index >= 15 is 0 Å². The topological polar surface area (TPSA) is 49.4 Å². The Balaban J connectivity index is 1.61. The predicted octanol–water partition coefficient (Wildman–Crippen LogP) is 5.72. The molecule has 2 unspecified atom stereocenters. The van der Waals surface area contributed by atoms with E-state index < -0.39 is 23.2 Å². The van der Waals surface area contributed by atoms with Gasteiger partial charge < -0.3 is 10.2 Å². The molecule has 4 nitrogen and oxygen atoms in total. The van der Waals surface area contributed by atoms with Gasteiger partial charge in [-0.05, 0) is 49.6 Å². The van der Waals surface area contributed by atoms with Crippen LogP contribution in [-0.4, -0.2) is 34.6 Å². The number of thioether (sulfide) groups is 1. The van der Waals surface area contributed by atoms with Crippen LogP contribution in [0.15, 0.2) is 48.5 Å². The lowest BCUT2D eigenvalue weighted by Crippen LogP contribution is -2.50. The highest BCUT2D eigenvalue weighted by Gasteiger charge is 2.43. The number of hydrogen-bond acceptors (Lipinski definition) is 3. The Hall–Kier alpha value is -2.48. The predicted molar refractivity (Wildman–Crippen MR) is 123 cm³/mol. The Morgan fingerprint density at radius 3 is 2.21 bits per heavy atom. The molecular weight excluding hydrogens is 449 g/mol. The summed E-state index contributed by atoms with van der Waals surface area (Å²) in [5.74, 6) is -0.0973. The molecule has 1 saturated carbocycles. The van der Waals surface area contributed by atoms with Crippen LogP contribution in [-0.2, 0) is 11.0 Å². The Labute approximate surface area is 195 Å². The van der Waals surface area contributed by atoms with Crippen molar-refractivity contribution < 1.29 is 22.8 Å². The number of hydrogen-bond donors (Lipinski definition) is 1. The van der Waals surface area contributed by atoms with Gasteiger partial charge in [0.1, 0.15) is 11.4 Å². The van der Waals surface area contributed by atoms with Crippen LogP contribution in [0.25, 0.3) is 0 Å². The maximum atomic E-state index is 13.5. The third kappa shape index (κ3) is 5.37. The van der Waals surface area contributed by atoms with Crippen LogP contribution in [0.5, 0.6) is 0 Å². The van der Waals surface area contributed by atoms with Gasteiger partial charge in [0.05, 0.1) is 5.56 Å². The van der Waals surface area contributed by atoms with Crippen LogP contribution < -0.4 is 5.32 Å². The van der Waals surface area contributed by atoms with Crippen LogP contribution >= 0.6 is 11.8 Å². The van der Waals surface area contributed by atoms with Crippen LogP contribution in [0.3, 0.4) is 0 Å². The normalized spacial score (nSPS) is 21.8. The number of carbonyl (C=O) groups is 2. The highest BCUT2D eigenvalue weighted by molar-refractivity contribution is 7.99. The lowest BCUT2D eigenvalue weighted by Gasteiger charge is -2.31. The van der Waals surface area contributed by atoms with E-state index in [1.54, 1.807) is 12.1 Å². The van der Waals surface area contributed by atoms with Crippen molar-refractivity contribution in [2.75, 3.05) is 5.75 Å². The molecule has 2 fully saturated rings. The van der Waals surface area contributed by atoms with Crippen molar-refractivity contribution in [1.29, 1.82) is 0 Å². The van der Waals surface area contributed by atoms with E-state index in [0.717, 1.165) is 43.4 Å². The summed E-state index contributed by atoms with van der Waals surface area (Å²) in [6, 6.07) is 11.4. The molecule has 2 amide bonds. The lowest BCUT2D eigenvalue weighted by atomic mass is 9.95. The first-order valence-corrected chi connectivity index (χ1v) is 12.3. The Morgan fingerprint density at radius 2 is 1.61 bits per heavy atom. The first kappa shape index (κ1) is 23.7. The standard InChI is InChI=1S/C25H27F3N2O2S/c1-16-7-9-17(10-8-16)23(32)30-21(22(31)29-20-5-3-2-4-6-20)15-33-24(30)18-11-13-19(14-12-18)25(26,27)28/h7-14,20-21,24H,2-6,15H2,1H3,(H,29,31). The highest BCUT2D eigenvalue weighted by Crippen LogP contribution is 2.43. The molecule has 1 aliphatic heterocycles. The number of amides is 2. The number of halogens is 3. The zero-order chi connectivity index (χ0) is 23.6. The molecule has 2 aromatic rings. The van der Waals surface area contributed by atoms with E-state index in [-0.39, 0.29) is 17.9 Å². The minimum atomic E-state index is -4.43. The van der Waals surface area contributed by atoms with Gasteiger partial charge in [0.25, 0.3) is 5.91 Å². The average Bonchev–Trinajstić information content (AvgIpc) is 3.25. The van der Waals surface area contributed by atoms with Crippen molar-refractivity contribution in [3.63, 3.8) is 0 Å². The van der Waals surface area contributed by atoms with Gasteiger partial charge in [-0.1, -0.05) is 49.1 Å². The monoisotopic (exact) mass is 476 g/mol. The van der Waals surface area contributed by atoms with Crippen LogP contribution in [0.4, 0.5) is 13.2 Å². The van der Waals surface area contributed by atoms with Crippen LogP contribution in [0, 0.1) is 6.92 Å². The second-order valence-electron chi connectivity index (χ2n) is 8.74. The van der Waals surface area contributed by atoms with E-state index in [0.29, 0.717) is 16.9 Å². The van der Waals surface area contributed by atoms with Crippen molar-refractivity contribution in [3.8, 4) is 0 Å². The summed E-state index contributed by atoms with van der Waals surface area (Å²) in [4.78, 5) is 28.3. The molecule has 4 rings (SSSR count). The average molecular weight is 477 g/mol. The summed E-state index contributed by atoms with van der Waals surface area (Å²) in [7, 11) is 0. The Kier molecular flexibility index (Phi) is 7.02. The van der Waals surface area contributed by atoms with E-state index in [1.165, 1.54) is 35.2 Å². The molecule has 1 saturated heterocycles. The molecule has 1 heterocycles. The minimum Gasteiger partial charge on any atom is -0.352 e. The van der Waals surface area contributed by atoms with Gasteiger partial charge in [-0.3, -0.25) is 9.59 Å². The number of benzene rings is 2. The van der Waals surface area contributed by atoms with E-state index in [4.69, 9.17) is 0 Å². The first-order chi connectivity index (χ1) is 15.7. The minimum absolute atomic E-state index is 0.109. The number of carbonyl (C=O) groups excluding carboxylic acids is 2. The van der Waals surface area contributed by atoms with Crippen LogP contribution in [0.2, 0.25) is 0 Å². The molecule has 176 valence electrons. The number of nitrogens with zero attached hydrogens (tertiary/aromatic N) is 1. The molecule has 8 heteroatoms. The van der Waals surface area contributed by atoms with Gasteiger partial charge in [-0.2, -0.15) is 13.2 Å². The lowest BCUT2D eigenvalue weighted by molar-refractivity contribution is -0.137. The summed E-state index contributed by atoms with van der Waals surface area (Å²) < 4.78 is 39.1. The van der Waals surface area contributed by atoms with Gasteiger partial charge in [-0.25, -0.2) is 0 Å². The summed E-state index contributed by atoms with van der Waals surface area (Å²) >= 11 is 1.40. The largest absolute Gasteiger partial charge is 0.416 e. The molecule has 0 radical (unpaired) electrons. The SMILES string of the molecule is Cc1ccc(C(=O)N2C(C(=O)NC3CCCCC3)CSC2c2ccc(C(F)(F)F)cc2)cc1. The summed E-state index contributed by atoms with van der Waals surface area (Å²) in [6.45, 7) is 1.92. The Morgan fingerprint density at radius 1 is 0.970 bits per heavy atom. The molecule has 2 atom stereocenters. The molecule has 2 aromatic carbocycles.